The molecule has 5 rings (SSSR count). The van der Waals surface area contributed by atoms with Crippen LogP contribution in [0.4, 0.5) is 5.95 Å². The highest BCUT2D eigenvalue weighted by atomic mass is 16.5. The second-order valence-electron chi connectivity index (χ2n) is 11.3. The molecule has 1 aromatic heterocycles. The summed E-state index contributed by atoms with van der Waals surface area (Å²) in [6.07, 6.45) is 0. The van der Waals surface area contributed by atoms with Crippen molar-refractivity contribution in [3.63, 3.8) is 0 Å². The normalized spacial score (nSPS) is 16.7. The number of ketones is 1. The average molecular weight is 570 g/mol. The number of nitrogens with zero attached hydrogens (tertiary/aromatic N) is 2. The lowest BCUT2D eigenvalue weighted by Gasteiger charge is -2.25. The quantitative estimate of drug-likeness (QED) is 0.154. The van der Waals surface area contributed by atoms with Gasteiger partial charge in [-0.1, -0.05) is 50.6 Å². The molecule has 2 heterocycles. The van der Waals surface area contributed by atoms with E-state index < -0.39 is 17.7 Å². The molecule has 3 aromatic carbocycles. The molecule has 2 N–H and O–H groups in total. The van der Waals surface area contributed by atoms with E-state index in [1.54, 1.807) is 24.3 Å². The number of aromatic nitrogens is 2. The molecule has 0 saturated carbocycles. The lowest BCUT2D eigenvalue weighted by Crippen LogP contribution is -2.30. The van der Waals surface area contributed by atoms with Gasteiger partial charge in [0.15, 0.2) is 11.5 Å². The predicted molar refractivity (Wildman–Crippen MR) is 161 cm³/mol. The van der Waals surface area contributed by atoms with Gasteiger partial charge in [0.1, 0.15) is 11.5 Å². The van der Waals surface area contributed by atoms with Gasteiger partial charge in [0.2, 0.25) is 5.95 Å². The van der Waals surface area contributed by atoms with E-state index in [1.165, 1.54) is 19.1 Å². The minimum atomic E-state index is -0.932. The van der Waals surface area contributed by atoms with Crippen LogP contribution in [-0.2, 0) is 15.0 Å². The molecule has 1 amide bonds. The molecule has 218 valence electrons. The van der Waals surface area contributed by atoms with Gasteiger partial charge in [0.05, 0.1) is 43.5 Å². The number of amides is 1. The summed E-state index contributed by atoms with van der Waals surface area (Å²) in [5.74, 6) is -0.0484. The number of ether oxygens (including phenoxy) is 3. The smallest absolute Gasteiger partial charge is 0.302 e. The van der Waals surface area contributed by atoms with E-state index in [0.29, 0.717) is 46.0 Å². The van der Waals surface area contributed by atoms with E-state index in [9.17, 15) is 14.7 Å². The van der Waals surface area contributed by atoms with Crippen molar-refractivity contribution in [2.75, 3.05) is 25.7 Å². The van der Waals surface area contributed by atoms with Gasteiger partial charge in [-0.05, 0) is 43.0 Å². The molecule has 4 aromatic rings. The number of Topliss-reactive ketones (excluding diaryl/α,β-unsaturated/α-hetero) is 1. The zero-order valence-electron chi connectivity index (χ0n) is 24.9. The highest BCUT2D eigenvalue weighted by Crippen LogP contribution is 2.43. The van der Waals surface area contributed by atoms with Crippen molar-refractivity contribution in [3.8, 4) is 17.2 Å². The number of carbonyl (C=O) groups is 2. The molecule has 9 heteroatoms. The third-order valence-electron chi connectivity index (χ3n) is 7.37. The van der Waals surface area contributed by atoms with Crippen LogP contribution in [0.15, 0.2) is 60.2 Å². The fourth-order valence-corrected chi connectivity index (χ4v) is 5.34. The Hall–Kier alpha value is -4.79. The van der Waals surface area contributed by atoms with E-state index in [-0.39, 0.29) is 22.7 Å². The average Bonchev–Trinajstić information content (AvgIpc) is 3.48. The summed E-state index contributed by atoms with van der Waals surface area (Å²) in [4.78, 5) is 36.6. The molecule has 1 aliphatic heterocycles. The molecule has 1 saturated heterocycles. The first kappa shape index (κ1) is 28.7. The van der Waals surface area contributed by atoms with Crippen molar-refractivity contribution in [2.24, 2.45) is 0 Å². The highest BCUT2D eigenvalue weighted by Gasteiger charge is 2.48. The standard InChI is InChI=1S/C33H35N3O6/c1-8-42-24-13-12-20(15-21(24)33(3,4)5)29(37)27-28(19-11-9-10-18(2)14-19)36(31(39)30(27)38)32-34-22-16-25(40-6)26(41-7)17-23(22)35-32/h9-17,28,37H,8H2,1-7H3,(H,34,35)/b29-27+. The second kappa shape index (κ2) is 10.9. The Morgan fingerprint density at radius 3 is 2.36 bits per heavy atom. The summed E-state index contributed by atoms with van der Waals surface area (Å²) in [5.41, 5.74) is 3.67. The van der Waals surface area contributed by atoms with E-state index in [1.807, 2.05) is 65.0 Å². The number of hydrogen-bond acceptors (Lipinski definition) is 7. The number of aromatic amines is 1. The first-order valence-corrected chi connectivity index (χ1v) is 13.8. The van der Waals surface area contributed by atoms with Gasteiger partial charge in [0.25, 0.3) is 5.78 Å². The SMILES string of the molecule is CCOc1ccc(/C(O)=C2\C(=O)C(=O)N(c3nc4cc(OC)c(OC)cc4[nH]3)C2c2cccc(C)c2)cc1C(C)(C)C. The summed E-state index contributed by atoms with van der Waals surface area (Å²) >= 11 is 0. The lowest BCUT2D eigenvalue weighted by atomic mass is 9.84. The van der Waals surface area contributed by atoms with Gasteiger partial charge >= 0.3 is 5.91 Å². The molecule has 9 nitrogen and oxygen atoms in total. The number of methoxy groups -OCH3 is 2. The van der Waals surface area contributed by atoms with Crippen LogP contribution in [0, 0.1) is 6.92 Å². The third-order valence-corrected chi connectivity index (χ3v) is 7.37. The summed E-state index contributed by atoms with van der Waals surface area (Å²) in [6, 6.07) is 15.3. The number of aryl methyl sites for hydroxylation is 1. The van der Waals surface area contributed by atoms with Crippen molar-refractivity contribution in [1.29, 1.82) is 0 Å². The number of benzene rings is 3. The van der Waals surface area contributed by atoms with Gasteiger partial charge in [-0.2, -0.15) is 0 Å². The number of carbonyl (C=O) groups excluding carboxylic acids is 2. The van der Waals surface area contributed by atoms with Crippen molar-refractivity contribution in [2.45, 2.75) is 46.1 Å². The summed E-state index contributed by atoms with van der Waals surface area (Å²) in [6.45, 7) is 10.5. The minimum absolute atomic E-state index is 0.0229. The predicted octanol–water partition coefficient (Wildman–Crippen LogP) is 6.21. The number of fused-ring (bicyclic) bond motifs is 1. The topological polar surface area (TPSA) is 114 Å². The molecular formula is C33H35N3O6. The van der Waals surface area contributed by atoms with Gasteiger partial charge < -0.3 is 24.3 Å². The Balaban J connectivity index is 1.72. The Kier molecular flexibility index (Phi) is 7.45. The summed E-state index contributed by atoms with van der Waals surface area (Å²) in [7, 11) is 3.06. The van der Waals surface area contributed by atoms with Crippen molar-refractivity contribution in [1.82, 2.24) is 9.97 Å². The molecule has 1 aliphatic rings. The molecule has 42 heavy (non-hydrogen) atoms. The van der Waals surface area contributed by atoms with Crippen LogP contribution in [0.3, 0.4) is 0 Å². The zero-order chi connectivity index (χ0) is 30.3. The number of aliphatic hydroxyl groups excluding tert-OH is 1. The Morgan fingerprint density at radius 1 is 1.00 bits per heavy atom. The van der Waals surface area contributed by atoms with Crippen LogP contribution in [0.25, 0.3) is 16.8 Å². The first-order chi connectivity index (χ1) is 20.0. The number of hydrogen-bond donors (Lipinski definition) is 2. The Morgan fingerprint density at radius 2 is 1.71 bits per heavy atom. The molecule has 1 fully saturated rings. The lowest BCUT2D eigenvalue weighted by molar-refractivity contribution is -0.132. The fraction of sp³-hybridized carbons (Fsp3) is 0.303. The number of rotatable bonds is 7. The van der Waals surface area contributed by atoms with Gasteiger partial charge in [-0.15, -0.1) is 0 Å². The van der Waals surface area contributed by atoms with Gasteiger partial charge in [0, 0.05) is 23.3 Å². The molecule has 0 aliphatic carbocycles. The van der Waals surface area contributed by atoms with Gasteiger partial charge in [-0.3, -0.25) is 14.5 Å². The van der Waals surface area contributed by atoms with E-state index >= 15 is 0 Å². The number of nitrogens with one attached hydrogen (secondary N) is 1. The van der Waals surface area contributed by atoms with Crippen LogP contribution >= 0.6 is 0 Å². The molecule has 0 bridgehead atoms. The third kappa shape index (κ3) is 4.95. The van der Waals surface area contributed by atoms with E-state index in [0.717, 1.165) is 11.1 Å². The first-order valence-electron chi connectivity index (χ1n) is 13.8. The van der Waals surface area contributed by atoms with Crippen molar-refractivity contribution in [3.05, 3.63) is 82.4 Å². The molecule has 0 radical (unpaired) electrons. The van der Waals surface area contributed by atoms with Crippen LogP contribution in [0.2, 0.25) is 0 Å². The van der Waals surface area contributed by atoms with Crippen molar-refractivity contribution >= 4 is 34.4 Å². The summed E-state index contributed by atoms with van der Waals surface area (Å²) < 4.78 is 16.7. The summed E-state index contributed by atoms with van der Waals surface area (Å²) in [5, 5.41) is 11.7. The minimum Gasteiger partial charge on any atom is -0.507 e. The maximum atomic E-state index is 13.7. The molecule has 1 unspecified atom stereocenters. The van der Waals surface area contributed by atoms with Crippen LogP contribution in [-0.4, -0.2) is 47.6 Å². The zero-order valence-corrected chi connectivity index (χ0v) is 24.9. The number of anilines is 1. The molecule has 1 atom stereocenters. The van der Waals surface area contributed by atoms with Crippen LogP contribution in [0.1, 0.15) is 56.0 Å². The van der Waals surface area contributed by atoms with Gasteiger partial charge in [-0.25, -0.2) is 4.98 Å². The van der Waals surface area contributed by atoms with Crippen molar-refractivity contribution < 1.29 is 28.9 Å². The highest BCUT2D eigenvalue weighted by molar-refractivity contribution is 6.51. The maximum Gasteiger partial charge on any atom is 0.302 e. The largest absolute Gasteiger partial charge is 0.507 e. The Bertz CT molecular complexity index is 1690. The monoisotopic (exact) mass is 569 g/mol. The number of imidazole rings is 1. The van der Waals surface area contributed by atoms with Crippen LogP contribution in [0.5, 0.6) is 17.2 Å². The molecule has 0 spiro atoms. The fourth-order valence-electron chi connectivity index (χ4n) is 5.34. The van der Waals surface area contributed by atoms with E-state index in [4.69, 9.17) is 14.2 Å². The van der Waals surface area contributed by atoms with E-state index in [2.05, 4.69) is 9.97 Å². The van der Waals surface area contributed by atoms with Crippen LogP contribution < -0.4 is 19.1 Å². The molecular weight excluding hydrogens is 534 g/mol. The second-order valence-corrected chi connectivity index (χ2v) is 11.3. The Labute approximate surface area is 244 Å². The maximum absolute atomic E-state index is 13.7. The number of aliphatic hydroxyl groups is 1. The number of H-pyrrole nitrogens is 1.